The lowest BCUT2D eigenvalue weighted by molar-refractivity contribution is -0.121. The molecule has 25 heavy (non-hydrogen) atoms. The summed E-state index contributed by atoms with van der Waals surface area (Å²) >= 11 is 6.16. The fraction of sp³-hybridized carbons (Fsp3) is 0.389. The molecule has 2 N–H and O–H groups in total. The van der Waals surface area contributed by atoms with Crippen LogP contribution in [0.2, 0.25) is 5.02 Å². The highest BCUT2D eigenvalue weighted by molar-refractivity contribution is 6.31. The molecule has 0 fully saturated rings. The van der Waals surface area contributed by atoms with Gasteiger partial charge in [-0.2, -0.15) is 5.10 Å². The summed E-state index contributed by atoms with van der Waals surface area (Å²) in [5.41, 5.74) is 2.56. The van der Waals surface area contributed by atoms with Gasteiger partial charge < -0.3 is 10.6 Å². The fourth-order valence-electron chi connectivity index (χ4n) is 2.35. The van der Waals surface area contributed by atoms with Crippen LogP contribution in [-0.2, 0) is 4.79 Å². The van der Waals surface area contributed by atoms with Gasteiger partial charge in [0.25, 0.3) is 5.91 Å². The molecule has 1 heterocycles. The van der Waals surface area contributed by atoms with Gasteiger partial charge in [-0.15, -0.1) is 0 Å². The zero-order valence-electron chi connectivity index (χ0n) is 15.1. The summed E-state index contributed by atoms with van der Waals surface area (Å²) < 4.78 is 1.73. The molecule has 1 aromatic heterocycles. The van der Waals surface area contributed by atoms with Crippen molar-refractivity contribution in [3.05, 3.63) is 46.2 Å². The number of benzene rings is 1. The number of carbonyl (C=O) groups is 2. The van der Waals surface area contributed by atoms with Crippen LogP contribution in [0.25, 0.3) is 5.69 Å². The summed E-state index contributed by atoms with van der Waals surface area (Å²) in [6.45, 7) is 9.32. The average molecular weight is 363 g/mol. The zero-order chi connectivity index (χ0) is 18.8. The number of amides is 2. The van der Waals surface area contributed by atoms with Crippen LogP contribution in [0.1, 0.15) is 42.5 Å². The summed E-state index contributed by atoms with van der Waals surface area (Å²) in [7, 11) is 0. The zero-order valence-corrected chi connectivity index (χ0v) is 15.9. The SMILES string of the molecule is Cc1nn(-c2ccc(C(=O)NCC(=O)NC(C)(C)C)cc2)c(C)c1Cl. The Morgan fingerprint density at radius 1 is 1.16 bits per heavy atom. The van der Waals surface area contributed by atoms with Crippen molar-refractivity contribution >= 4 is 23.4 Å². The Hall–Kier alpha value is -2.34. The van der Waals surface area contributed by atoms with Crippen LogP contribution < -0.4 is 10.6 Å². The van der Waals surface area contributed by atoms with Crippen LogP contribution in [0, 0.1) is 13.8 Å². The molecule has 0 aliphatic rings. The first-order valence-corrected chi connectivity index (χ1v) is 8.37. The van der Waals surface area contributed by atoms with Crippen molar-refractivity contribution in [2.45, 2.75) is 40.2 Å². The van der Waals surface area contributed by atoms with Gasteiger partial charge in [0.05, 0.1) is 28.6 Å². The van der Waals surface area contributed by atoms with Crippen LogP contribution >= 0.6 is 11.6 Å². The van der Waals surface area contributed by atoms with E-state index >= 15 is 0 Å². The molecule has 2 rings (SSSR count). The normalized spacial score (nSPS) is 11.3. The van der Waals surface area contributed by atoms with Crippen LogP contribution in [0.15, 0.2) is 24.3 Å². The van der Waals surface area contributed by atoms with E-state index in [9.17, 15) is 9.59 Å². The number of carbonyl (C=O) groups excluding carboxylic acids is 2. The number of halogens is 1. The minimum absolute atomic E-state index is 0.0646. The quantitative estimate of drug-likeness (QED) is 0.878. The van der Waals surface area contributed by atoms with Crippen LogP contribution in [0.3, 0.4) is 0 Å². The smallest absolute Gasteiger partial charge is 0.251 e. The highest BCUT2D eigenvalue weighted by atomic mass is 35.5. The van der Waals surface area contributed by atoms with E-state index in [-0.39, 0.29) is 23.9 Å². The Bertz CT molecular complexity index is 789. The largest absolute Gasteiger partial charge is 0.350 e. The van der Waals surface area contributed by atoms with Crippen molar-refractivity contribution < 1.29 is 9.59 Å². The Morgan fingerprint density at radius 2 is 1.76 bits per heavy atom. The lowest BCUT2D eigenvalue weighted by Crippen LogP contribution is -2.45. The molecule has 0 saturated carbocycles. The van der Waals surface area contributed by atoms with Crippen molar-refractivity contribution in [1.29, 1.82) is 0 Å². The lowest BCUT2D eigenvalue weighted by atomic mass is 10.1. The molecule has 0 spiro atoms. The monoisotopic (exact) mass is 362 g/mol. The molecule has 0 aliphatic carbocycles. The van der Waals surface area contributed by atoms with Gasteiger partial charge in [0.15, 0.2) is 0 Å². The molecule has 0 bridgehead atoms. The fourth-order valence-corrected chi connectivity index (χ4v) is 2.47. The molecule has 0 aliphatic heterocycles. The molecule has 6 nitrogen and oxygen atoms in total. The van der Waals surface area contributed by atoms with Crippen molar-refractivity contribution in [2.75, 3.05) is 6.54 Å². The lowest BCUT2D eigenvalue weighted by Gasteiger charge is -2.20. The maximum absolute atomic E-state index is 12.2. The van der Waals surface area contributed by atoms with E-state index < -0.39 is 0 Å². The number of aromatic nitrogens is 2. The number of rotatable bonds is 4. The molecule has 1 aromatic carbocycles. The third-order valence-electron chi connectivity index (χ3n) is 3.50. The molecule has 2 amide bonds. The molecule has 0 atom stereocenters. The molecular formula is C18H23ClN4O2. The second-order valence-electron chi connectivity index (χ2n) is 6.92. The maximum Gasteiger partial charge on any atom is 0.251 e. The van der Waals surface area contributed by atoms with Gasteiger partial charge in [-0.1, -0.05) is 11.6 Å². The second kappa shape index (κ2) is 7.27. The molecule has 7 heteroatoms. The van der Waals surface area contributed by atoms with Gasteiger partial charge in [-0.05, 0) is 58.9 Å². The van der Waals surface area contributed by atoms with E-state index in [0.29, 0.717) is 10.6 Å². The second-order valence-corrected chi connectivity index (χ2v) is 7.30. The molecule has 0 radical (unpaired) electrons. The number of nitrogens with zero attached hydrogens (tertiary/aromatic N) is 2. The Morgan fingerprint density at radius 3 is 2.24 bits per heavy atom. The Kier molecular flexibility index (Phi) is 5.52. The molecule has 0 saturated heterocycles. The van der Waals surface area contributed by atoms with E-state index in [1.54, 1.807) is 28.9 Å². The summed E-state index contributed by atoms with van der Waals surface area (Å²) in [5.74, 6) is -0.531. The average Bonchev–Trinajstić information content (AvgIpc) is 2.79. The summed E-state index contributed by atoms with van der Waals surface area (Å²) in [5, 5.41) is 10.4. The van der Waals surface area contributed by atoms with Crippen LogP contribution in [0.4, 0.5) is 0 Å². The molecular weight excluding hydrogens is 340 g/mol. The Balaban J connectivity index is 2.03. The van der Waals surface area contributed by atoms with E-state index in [4.69, 9.17) is 11.6 Å². The number of hydrogen-bond acceptors (Lipinski definition) is 3. The minimum Gasteiger partial charge on any atom is -0.350 e. The Labute approximate surface area is 152 Å². The van der Waals surface area contributed by atoms with Crippen molar-refractivity contribution in [3.63, 3.8) is 0 Å². The van der Waals surface area contributed by atoms with Gasteiger partial charge in [-0.3, -0.25) is 9.59 Å². The number of aryl methyl sites for hydroxylation is 1. The predicted molar refractivity (Wildman–Crippen MR) is 98.3 cm³/mol. The first-order valence-electron chi connectivity index (χ1n) is 8.00. The van der Waals surface area contributed by atoms with Gasteiger partial charge in [0, 0.05) is 11.1 Å². The van der Waals surface area contributed by atoms with Gasteiger partial charge in [-0.25, -0.2) is 4.68 Å². The minimum atomic E-state index is -0.329. The van der Waals surface area contributed by atoms with Gasteiger partial charge in [0.2, 0.25) is 5.91 Å². The van der Waals surface area contributed by atoms with E-state index in [0.717, 1.165) is 17.1 Å². The van der Waals surface area contributed by atoms with Crippen LogP contribution in [0.5, 0.6) is 0 Å². The van der Waals surface area contributed by atoms with Gasteiger partial charge in [0.1, 0.15) is 0 Å². The van der Waals surface area contributed by atoms with Crippen LogP contribution in [-0.4, -0.2) is 33.7 Å². The number of hydrogen-bond donors (Lipinski definition) is 2. The van der Waals surface area contributed by atoms with E-state index in [1.807, 2.05) is 34.6 Å². The topological polar surface area (TPSA) is 76.0 Å². The predicted octanol–water partition coefficient (Wildman–Crippen LogP) is 2.79. The van der Waals surface area contributed by atoms with Crippen molar-refractivity contribution in [3.8, 4) is 5.69 Å². The summed E-state index contributed by atoms with van der Waals surface area (Å²) in [6, 6.07) is 6.97. The summed E-state index contributed by atoms with van der Waals surface area (Å²) in [6.07, 6.45) is 0. The number of nitrogens with one attached hydrogen (secondary N) is 2. The molecule has 134 valence electrons. The molecule has 0 unspecified atom stereocenters. The maximum atomic E-state index is 12.2. The van der Waals surface area contributed by atoms with E-state index in [2.05, 4.69) is 15.7 Å². The van der Waals surface area contributed by atoms with Crippen molar-refractivity contribution in [1.82, 2.24) is 20.4 Å². The van der Waals surface area contributed by atoms with Gasteiger partial charge >= 0.3 is 0 Å². The highest BCUT2D eigenvalue weighted by Gasteiger charge is 2.15. The molecule has 2 aromatic rings. The third-order valence-corrected chi connectivity index (χ3v) is 4.05. The first-order chi connectivity index (χ1) is 11.6. The van der Waals surface area contributed by atoms with E-state index in [1.165, 1.54) is 0 Å². The van der Waals surface area contributed by atoms with Crippen molar-refractivity contribution in [2.24, 2.45) is 0 Å². The first kappa shape index (κ1) is 19.0. The summed E-state index contributed by atoms with van der Waals surface area (Å²) in [4.78, 5) is 23.9. The third kappa shape index (κ3) is 4.82. The standard InChI is InChI=1S/C18H23ClN4O2/c1-11-16(19)12(2)23(22-11)14-8-6-13(7-9-14)17(25)20-10-15(24)21-18(3,4)5/h6-9H,10H2,1-5H3,(H,20,25)(H,21,24). The highest BCUT2D eigenvalue weighted by Crippen LogP contribution is 2.22.